The Morgan fingerprint density at radius 2 is 1.58 bits per heavy atom. The van der Waals surface area contributed by atoms with Gasteiger partial charge in [-0.15, -0.1) is 0 Å². The van der Waals surface area contributed by atoms with Gasteiger partial charge in [-0.05, 0) is 46.3 Å². The maximum Gasteiger partial charge on any atom is 0.238 e. The molecule has 0 N–H and O–H groups in total. The van der Waals surface area contributed by atoms with Crippen molar-refractivity contribution in [1.29, 1.82) is 0 Å². The molecule has 1 heterocycles. The van der Waals surface area contributed by atoms with Crippen LogP contribution >= 0.6 is 15.9 Å². The summed E-state index contributed by atoms with van der Waals surface area (Å²) >= 11 is 3.43. The molecule has 2 amide bonds. The number of nitrogens with zero attached hydrogens (tertiary/aromatic N) is 1. The van der Waals surface area contributed by atoms with Crippen LogP contribution in [-0.2, 0) is 9.59 Å². The average Bonchev–Trinajstić information content (AvgIpc) is 3.06. The monoisotopic (exact) mass is 317 g/mol. The molecule has 4 rings (SSSR count). The third-order valence-electron chi connectivity index (χ3n) is 4.56. The van der Waals surface area contributed by atoms with Crippen molar-refractivity contribution in [2.45, 2.75) is 6.42 Å². The zero-order chi connectivity index (χ0) is 13.1. The van der Waals surface area contributed by atoms with Crippen molar-refractivity contribution in [3.63, 3.8) is 0 Å². The molecule has 0 spiro atoms. The second-order valence-electron chi connectivity index (χ2n) is 5.46. The van der Waals surface area contributed by atoms with Gasteiger partial charge >= 0.3 is 0 Å². The highest BCUT2D eigenvalue weighted by molar-refractivity contribution is 9.10. The molecule has 3 aliphatic rings. The molecular formula is C15H12BrNO2. The van der Waals surface area contributed by atoms with Crippen molar-refractivity contribution in [2.75, 3.05) is 4.90 Å². The lowest BCUT2D eigenvalue weighted by Gasteiger charge is -2.18. The Morgan fingerprint density at radius 1 is 1.00 bits per heavy atom. The standard InChI is InChI=1S/C15H12BrNO2/c16-10-3-1-2-4-11(10)17-14(18)12-8-5-6-9(7-8)13(12)15(17)19/h1-6,8-9,12-13H,7H2/t8-,9+,12+,13-. The molecule has 0 unspecified atom stereocenters. The molecule has 1 aromatic carbocycles. The quantitative estimate of drug-likeness (QED) is 0.590. The molecule has 96 valence electrons. The topological polar surface area (TPSA) is 37.4 Å². The molecule has 2 aliphatic carbocycles. The fourth-order valence-corrected chi connectivity index (χ4v) is 4.23. The van der Waals surface area contributed by atoms with Gasteiger partial charge in [0.15, 0.2) is 0 Å². The summed E-state index contributed by atoms with van der Waals surface area (Å²) in [4.78, 5) is 26.6. The van der Waals surface area contributed by atoms with Gasteiger partial charge in [-0.2, -0.15) is 0 Å². The first-order valence-electron chi connectivity index (χ1n) is 6.49. The van der Waals surface area contributed by atoms with Crippen LogP contribution in [0.25, 0.3) is 0 Å². The lowest BCUT2D eigenvalue weighted by molar-refractivity contribution is -0.123. The van der Waals surface area contributed by atoms with Crippen LogP contribution in [0.5, 0.6) is 0 Å². The van der Waals surface area contributed by atoms with Crippen LogP contribution in [0.1, 0.15) is 6.42 Å². The summed E-state index contributed by atoms with van der Waals surface area (Å²) in [7, 11) is 0. The minimum absolute atomic E-state index is 0.0289. The lowest BCUT2D eigenvalue weighted by atomic mass is 9.85. The smallest absolute Gasteiger partial charge is 0.238 e. The summed E-state index contributed by atoms with van der Waals surface area (Å²) in [5.74, 6) is 0.208. The van der Waals surface area contributed by atoms with Gasteiger partial charge < -0.3 is 0 Å². The van der Waals surface area contributed by atoms with Crippen molar-refractivity contribution in [2.24, 2.45) is 23.7 Å². The Morgan fingerprint density at radius 3 is 2.16 bits per heavy atom. The zero-order valence-corrected chi connectivity index (χ0v) is 11.7. The summed E-state index contributed by atoms with van der Waals surface area (Å²) in [6.07, 6.45) is 5.19. The number of hydrogen-bond acceptors (Lipinski definition) is 2. The van der Waals surface area contributed by atoms with Crippen LogP contribution in [0.4, 0.5) is 5.69 Å². The Labute approximate surface area is 119 Å². The first-order chi connectivity index (χ1) is 9.18. The van der Waals surface area contributed by atoms with Gasteiger partial charge in [0.05, 0.1) is 17.5 Å². The second-order valence-corrected chi connectivity index (χ2v) is 6.32. The van der Waals surface area contributed by atoms with E-state index in [0.717, 1.165) is 10.9 Å². The summed E-state index contributed by atoms with van der Waals surface area (Å²) < 4.78 is 0.789. The molecule has 1 saturated carbocycles. The first kappa shape index (κ1) is 11.4. The molecule has 0 radical (unpaired) electrons. The highest BCUT2D eigenvalue weighted by Gasteiger charge is 2.59. The van der Waals surface area contributed by atoms with Crippen molar-refractivity contribution < 1.29 is 9.59 Å². The Kier molecular flexibility index (Phi) is 2.28. The van der Waals surface area contributed by atoms with E-state index in [4.69, 9.17) is 0 Å². The maximum absolute atomic E-state index is 12.6. The van der Waals surface area contributed by atoms with Crippen molar-refractivity contribution in [1.82, 2.24) is 0 Å². The van der Waals surface area contributed by atoms with Gasteiger partial charge in [0, 0.05) is 4.47 Å². The van der Waals surface area contributed by atoms with Gasteiger partial charge in [-0.3, -0.25) is 9.59 Å². The molecule has 1 saturated heterocycles. The number of imide groups is 1. The van der Waals surface area contributed by atoms with E-state index in [2.05, 4.69) is 28.1 Å². The van der Waals surface area contributed by atoms with E-state index in [0.29, 0.717) is 5.69 Å². The number of para-hydroxylation sites is 1. The molecule has 2 fully saturated rings. The zero-order valence-electron chi connectivity index (χ0n) is 10.1. The van der Waals surface area contributed by atoms with Crippen molar-refractivity contribution >= 4 is 33.4 Å². The number of amides is 2. The predicted molar refractivity (Wildman–Crippen MR) is 74.4 cm³/mol. The highest BCUT2D eigenvalue weighted by atomic mass is 79.9. The molecule has 0 aromatic heterocycles. The van der Waals surface area contributed by atoms with Crippen LogP contribution in [0.2, 0.25) is 0 Å². The second kappa shape index (κ2) is 3.79. The fraction of sp³-hybridized carbons (Fsp3) is 0.333. The average molecular weight is 318 g/mol. The SMILES string of the molecule is O=C1[C@@H]2[C@H](C(=O)N1c1ccccc1Br)[C@H]1C=C[C@@H]2C1. The van der Waals surface area contributed by atoms with Crippen molar-refractivity contribution in [3.05, 3.63) is 40.9 Å². The third-order valence-corrected chi connectivity index (χ3v) is 5.23. The third kappa shape index (κ3) is 1.38. The molecular weight excluding hydrogens is 306 g/mol. The first-order valence-corrected chi connectivity index (χ1v) is 7.28. The van der Waals surface area contributed by atoms with E-state index in [9.17, 15) is 9.59 Å². The molecule has 4 heteroatoms. The minimum atomic E-state index is -0.130. The number of halogens is 1. The fourth-order valence-electron chi connectivity index (χ4n) is 3.77. The summed E-state index contributed by atoms with van der Waals surface area (Å²) in [5, 5.41) is 0. The lowest BCUT2D eigenvalue weighted by Crippen LogP contribution is -2.33. The van der Waals surface area contributed by atoms with E-state index >= 15 is 0 Å². The normalized spacial score (nSPS) is 35.3. The number of rotatable bonds is 1. The molecule has 4 atom stereocenters. The Balaban J connectivity index is 1.79. The van der Waals surface area contributed by atoms with Gasteiger partial charge in [0.2, 0.25) is 11.8 Å². The van der Waals surface area contributed by atoms with E-state index in [1.165, 1.54) is 4.90 Å². The summed E-state index contributed by atoms with van der Waals surface area (Å²) in [6.45, 7) is 0. The predicted octanol–water partition coefficient (Wildman–Crippen LogP) is 2.76. The van der Waals surface area contributed by atoms with Gasteiger partial charge in [0.1, 0.15) is 0 Å². The number of benzene rings is 1. The number of carbonyl (C=O) groups excluding carboxylic acids is 2. The van der Waals surface area contributed by atoms with E-state index in [1.54, 1.807) is 0 Å². The molecule has 1 aliphatic heterocycles. The van der Waals surface area contributed by atoms with Crippen LogP contribution < -0.4 is 4.90 Å². The summed E-state index contributed by atoms with van der Waals surface area (Å²) in [6, 6.07) is 7.40. The van der Waals surface area contributed by atoms with Crippen LogP contribution in [0.3, 0.4) is 0 Å². The number of carbonyl (C=O) groups is 2. The van der Waals surface area contributed by atoms with Gasteiger partial charge in [-0.1, -0.05) is 24.3 Å². The largest absolute Gasteiger partial charge is 0.274 e. The number of anilines is 1. The number of hydrogen-bond donors (Lipinski definition) is 0. The minimum Gasteiger partial charge on any atom is -0.274 e. The van der Waals surface area contributed by atoms with Crippen LogP contribution in [-0.4, -0.2) is 11.8 Å². The Bertz CT molecular complexity index is 594. The van der Waals surface area contributed by atoms with Gasteiger partial charge in [0.25, 0.3) is 0 Å². The molecule has 1 aromatic rings. The van der Waals surface area contributed by atoms with Crippen LogP contribution in [0.15, 0.2) is 40.9 Å². The molecule has 2 bridgehead atoms. The molecule has 3 nitrogen and oxygen atoms in total. The van der Waals surface area contributed by atoms with Crippen molar-refractivity contribution in [3.8, 4) is 0 Å². The number of allylic oxidation sites excluding steroid dienone is 2. The summed E-state index contributed by atoms with van der Waals surface area (Å²) in [5.41, 5.74) is 0.673. The Hall–Kier alpha value is -1.42. The number of fused-ring (bicyclic) bond motifs is 5. The van der Waals surface area contributed by atoms with Gasteiger partial charge in [-0.25, -0.2) is 4.90 Å². The van der Waals surface area contributed by atoms with E-state index in [-0.39, 0.29) is 35.5 Å². The maximum atomic E-state index is 12.6. The van der Waals surface area contributed by atoms with E-state index < -0.39 is 0 Å². The molecule has 19 heavy (non-hydrogen) atoms. The van der Waals surface area contributed by atoms with Crippen LogP contribution in [0, 0.1) is 23.7 Å². The van der Waals surface area contributed by atoms with E-state index in [1.807, 2.05) is 24.3 Å². The highest BCUT2D eigenvalue weighted by Crippen LogP contribution is 2.53.